The number of amides is 1. The van der Waals surface area contributed by atoms with Crippen LogP contribution in [0.1, 0.15) is 194 Å². The molecule has 2 aliphatic rings. The lowest BCUT2D eigenvalue weighted by atomic mass is 9.95. The Hall–Kier alpha value is -0.930. The summed E-state index contributed by atoms with van der Waals surface area (Å²) in [6, 6.07) is 0. The molecule has 2 saturated heterocycles. The predicted octanol–water partition coefficient (Wildman–Crippen LogP) is 6.40. The highest BCUT2D eigenvalue weighted by molar-refractivity contribution is 5.76. The van der Waals surface area contributed by atoms with Gasteiger partial charge in [-0.25, -0.2) is 0 Å². The molecule has 10 atom stereocenters. The van der Waals surface area contributed by atoms with Gasteiger partial charge in [-0.05, 0) is 12.8 Å². The van der Waals surface area contributed by atoms with Crippen LogP contribution in [0.2, 0.25) is 0 Å². The highest BCUT2D eigenvalue weighted by atomic mass is 16.7. The van der Waals surface area contributed by atoms with Crippen molar-refractivity contribution in [3.05, 3.63) is 0 Å². The normalized spacial score (nSPS) is 28.2. The maximum absolute atomic E-state index is 13.8. The minimum absolute atomic E-state index is 0.177. The van der Waals surface area contributed by atoms with Crippen LogP contribution in [0.4, 0.5) is 0 Å². The fourth-order valence-electron chi connectivity index (χ4n) is 8.14. The van der Waals surface area contributed by atoms with Crippen LogP contribution in [0, 0.1) is 0 Å². The smallest absolute Gasteiger partial charge is 0.224 e. The van der Waals surface area contributed by atoms with Gasteiger partial charge in [0.1, 0.15) is 48.8 Å². The molecule has 56 heavy (non-hydrogen) atoms. The fourth-order valence-corrected chi connectivity index (χ4v) is 8.14. The number of nitrogens with zero attached hydrogens (tertiary/aromatic N) is 1. The maximum Gasteiger partial charge on any atom is 0.224 e. The van der Waals surface area contributed by atoms with Gasteiger partial charge in [0.25, 0.3) is 0 Å². The second-order valence-electron chi connectivity index (χ2n) is 16.7. The van der Waals surface area contributed by atoms with Crippen LogP contribution in [0.25, 0.3) is 0 Å². The molecule has 0 aromatic rings. The van der Waals surface area contributed by atoms with Gasteiger partial charge in [0.05, 0.1) is 13.2 Å². The first-order chi connectivity index (χ1) is 27.2. The molecule has 2 aliphatic heterocycles. The Bertz CT molecular complexity index is 943. The molecule has 0 bridgehead atoms. The van der Waals surface area contributed by atoms with Gasteiger partial charge in [0, 0.05) is 13.0 Å². The average molecular weight is 804 g/mol. The number of unbranched alkanes of at least 4 members (excludes halogenated alkanes) is 25. The number of ether oxygens (including phenoxy) is 3. The molecule has 2 fully saturated rings. The first-order valence-electron chi connectivity index (χ1n) is 23.1. The van der Waals surface area contributed by atoms with Crippen molar-refractivity contribution >= 4 is 5.91 Å². The van der Waals surface area contributed by atoms with Crippen molar-refractivity contribution in [2.75, 3.05) is 19.8 Å². The molecule has 0 radical (unpaired) electrons. The van der Waals surface area contributed by atoms with Gasteiger partial charge < -0.3 is 54.9 Å². The van der Waals surface area contributed by atoms with Crippen LogP contribution in [0.15, 0.2) is 0 Å². The summed E-state index contributed by atoms with van der Waals surface area (Å²) in [4.78, 5) is 15.3. The Morgan fingerprint density at radius 1 is 0.482 bits per heavy atom. The maximum atomic E-state index is 13.8. The minimum Gasteiger partial charge on any atom is -0.394 e. The number of carbonyl (C=O) groups excluding carboxylic acids is 1. The number of carbonyl (C=O) groups is 1. The van der Waals surface area contributed by atoms with Gasteiger partial charge >= 0.3 is 0 Å². The molecule has 0 aromatic carbocycles. The minimum atomic E-state index is -1.74. The van der Waals surface area contributed by atoms with Crippen LogP contribution in [0.5, 0.6) is 0 Å². The lowest BCUT2D eigenvalue weighted by Gasteiger charge is -2.48. The van der Waals surface area contributed by atoms with E-state index in [1.54, 1.807) is 0 Å². The molecule has 0 aromatic heterocycles. The summed E-state index contributed by atoms with van der Waals surface area (Å²) < 4.78 is 17.3. The molecule has 0 aliphatic carbocycles. The second-order valence-corrected chi connectivity index (χ2v) is 16.7. The van der Waals surface area contributed by atoms with E-state index in [0.717, 1.165) is 38.5 Å². The molecule has 12 nitrogen and oxygen atoms in total. The number of aliphatic hydroxyl groups is 7. The number of rotatable bonds is 34. The van der Waals surface area contributed by atoms with Crippen LogP contribution >= 0.6 is 0 Å². The van der Waals surface area contributed by atoms with E-state index >= 15 is 0 Å². The zero-order chi connectivity index (χ0) is 41.0. The standard InChI is InChI=1S/C44H85NO11/c1-3-5-7-9-11-13-15-17-19-21-23-25-27-29-31-45(36(48)30-28-26-24-22-20-18-16-14-12-10-8-6-4-2)43-40(52)39(51)42(35(33-47)54-43)56-44-41(53)38(50)37(49)34(32-46)55-44/h34-35,37-44,46-47,49-53H,3-33H2,1-2H3/t34-,35-,37+,38+,39-,40-,41-,42-,43-,44+/m1/s1. The van der Waals surface area contributed by atoms with E-state index in [0.29, 0.717) is 19.4 Å². The van der Waals surface area contributed by atoms with Gasteiger partial charge in [-0.1, -0.05) is 174 Å². The van der Waals surface area contributed by atoms with Crippen LogP contribution in [-0.2, 0) is 19.0 Å². The van der Waals surface area contributed by atoms with Crippen molar-refractivity contribution in [1.82, 2.24) is 4.90 Å². The molecule has 2 rings (SSSR count). The molecule has 0 unspecified atom stereocenters. The topological polar surface area (TPSA) is 190 Å². The Morgan fingerprint density at radius 3 is 1.32 bits per heavy atom. The first kappa shape index (κ1) is 51.2. The van der Waals surface area contributed by atoms with Gasteiger partial charge in [-0.15, -0.1) is 0 Å². The molecular weight excluding hydrogens is 718 g/mol. The monoisotopic (exact) mass is 804 g/mol. The van der Waals surface area contributed by atoms with Crippen molar-refractivity contribution in [1.29, 1.82) is 0 Å². The summed E-state index contributed by atoms with van der Waals surface area (Å²) in [5.74, 6) is -0.177. The van der Waals surface area contributed by atoms with Crippen molar-refractivity contribution in [3.8, 4) is 0 Å². The summed E-state index contributed by atoms with van der Waals surface area (Å²) in [5, 5.41) is 73.4. The predicted molar refractivity (Wildman–Crippen MR) is 219 cm³/mol. The van der Waals surface area contributed by atoms with E-state index in [1.807, 2.05) is 0 Å². The highest BCUT2D eigenvalue weighted by Gasteiger charge is 2.51. The summed E-state index contributed by atoms with van der Waals surface area (Å²) in [6.07, 6.45) is 17.7. The van der Waals surface area contributed by atoms with E-state index in [-0.39, 0.29) is 12.3 Å². The number of aliphatic hydroxyl groups excluding tert-OH is 7. The highest BCUT2D eigenvalue weighted by Crippen LogP contribution is 2.31. The van der Waals surface area contributed by atoms with E-state index in [4.69, 9.17) is 14.2 Å². The van der Waals surface area contributed by atoms with Crippen LogP contribution in [0.3, 0.4) is 0 Å². The summed E-state index contributed by atoms with van der Waals surface area (Å²) >= 11 is 0. The Kier molecular flexibility index (Phi) is 29.2. The van der Waals surface area contributed by atoms with Crippen molar-refractivity contribution in [3.63, 3.8) is 0 Å². The Morgan fingerprint density at radius 2 is 0.893 bits per heavy atom. The third-order valence-corrected chi connectivity index (χ3v) is 11.9. The number of hydrogen-bond acceptors (Lipinski definition) is 11. The van der Waals surface area contributed by atoms with E-state index < -0.39 is 74.6 Å². The third kappa shape index (κ3) is 19.4. The molecule has 2 heterocycles. The van der Waals surface area contributed by atoms with Crippen molar-refractivity contribution in [2.45, 2.75) is 255 Å². The molecule has 7 N–H and O–H groups in total. The van der Waals surface area contributed by atoms with Crippen LogP contribution in [-0.4, -0.2) is 128 Å². The van der Waals surface area contributed by atoms with E-state index in [1.165, 1.54) is 127 Å². The molecule has 1 amide bonds. The zero-order valence-corrected chi connectivity index (χ0v) is 35.4. The average Bonchev–Trinajstić information content (AvgIpc) is 3.20. The van der Waals surface area contributed by atoms with Gasteiger partial charge in [0.2, 0.25) is 5.91 Å². The zero-order valence-electron chi connectivity index (χ0n) is 35.4. The lowest BCUT2D eigenvalue weighted by Crippen LogP contribution is -2.67. The molecular formula is C44H85NO11. The number of hydrogen-bond donors (Lipinski definition) is 7. The molecule has 0 spiro atoms. The van der Waals surface area contributed by atoms with Crippen molar-refractivity contribution in [2.24, 2.45) is 0 Å². The third-order valence-electron chi connectivity index (χ3n) is 11.9. The van der Waals surface area contributed by atoms with Gasteiger partial charge in [-0.3, -0.25) is 4.79 Å². The van der Waals surface area contributed by atoms with Crippen molar-refractivity contribution < 1.29 is 54.8 Å². The fraction of sp³-hybridized carbons (Fsp3) is 0.977. The summed E-state index contributed by atoms with van der Waals surface area (Å²) in [6.45, 7) is 3.52. The van der Waals surface area contributed by atoms with Crippen LogP contribution < -0.4 is 0 Å². The van der Waals surface area contributed by atoms with Gasteiger partial charge in [0.15, 0.2) is 12.5 Å². The first-order valence-corrected chi connectivity index (χ1v) is 23.1. The molecule has 12 heteroatoms. The Labute approximate surface area is 339 Å². The summed E-state index contributed by atoms with van der Waals surface area (Å²) in [5.41, 5.74) is 0. The molecule has 0 saturated carbocycles. The SMILES string of the molecule is CCCCCCCCCCCCCCCCN(C(=O)CCCCCCCCCCCCCCC)[C@@H]1O[C@H](CO)[C@@H](O[C@@H]2O[C@H](CO)[C@H](O)[C@H](O)[C@H]2O)[C@H](O)[C@H]1O. The second kappa shape index (κ2) is 31.9. The summed E-state index contributed by atoms with van der Waals surface area (Å²) in [7, 11) is 0. The van der Waals surface area contributed by atoms with E-state index in [2.05, 4.69) is 13.8 Å². The Balaban J connectivity index is 1.89. The van der Waals surface area contributed by atoms with Gasteiger partial charge in [-0.2, -0.15) is 0 Å². The van der Waals surface area contributed by atoms with E-state index in [9.17, 15) is 40.5 Å². The largest absolute Gasteiger partial charge is 0.394 e. The quantitative estimate of drug-likeness (QED) is 0.0357. The lowest BCUT2D eigenvalue weighted by molar-refractivity contribution is -0.348. The molecule has 332 valence electrons.